The molecule has 0 N–H and O–H groups in total. The minimum absolute atomic E-state index is 0.379. The van der Waals surface area contributed by atoms with Gasteiger partial charge in [0.15, 0.2) is 0 Å². The van der Waals surface area contributed by atoms with Crippen molar-refractivity contribution in [1.82, 2.24) is 4.98 Å². The molecule has 0 aliphatic rings. The van der Waals surface area contributed by atoms with Crippen molar-refractivity contribution >= 4 is 45.8 Å². The van der Waals surface area contributed by atoms with Crippen LogP contribution in [0.2, 0.25) is 10.2 Å². The fourth-order valence-electron chi connectivity index (χ4n) is 1.23. The number of halogens is 3. The first-order chi connectivity index (χ1) is 8.15. The Morgan fingerprint density at radius 1 is 1.18 bits per heavy atom. The third-order valence-electron chi connectivity index (χ3n) is 2.10. The molecule has 2 rings (SSSR count). The molecule has 1 aromatic heterocycles. The molecule has 0 radical (unpaired) electrons. The number of pyridine rings is 1. The minimum atomic E-state index is 0.379. The van der Waals surface area contributed by atoms with Crippen LogP contribution >= 0.6 is 45.8 Å². The molecule has 1 heterocycles. The van der Waals surface area contributed by atoms with Gasteiger partial charge in [-0.1, -0.05) is 23.2 Å². The van der Waals surface area contributed by atoms with Gasteiger partial charge in [0.1, 0.15) is 17.5 Å². The maximum atomic E-state index is 6.02. The lowest BCUT2D eigenvalue weighted by molar-refractivity contribution is 0.306. The SMILES string of the molecule is Clc1cc(Cl)c(COc2ccc(I)cc2)cn1. The molecule has 0 bridgehead atoms. The molecule has 1 aromatic carbocycles. The molecule has 0 unspecified atom stereocenters. The molecular formula is C12H8Cl2INO. The molecule has 0 saturated carbocycles. The van der Waals surface area contributed by atoms with Gasteiger partial charge in [-0.15, -0.1) is 0 Å². The smallest absolute Gasteiger partial charge is 0.130 e. The number of hydrogen-bond donors (Lipinski definition) is 0. The molecule has 0 aliphatic carbocycles. The van der Waals surface area contributed by atoms with E-state index in [1.165, 1.54) is 3.57 Å². The summed E-state index contributed by atoms with van der Waals surface area (Å²) in [6.45, 7) is 0.379. The van der Waals surface area contributed by atoms with Crippen LogP contribution < -0.4 is 4.74 Å². The van der Waals surface area contributed by atoms with Gasteiger partial charge in [0.25, 0.3) is 0 Å². The Bertz CT molecular complexity index is 516. The zero-order chi connectivity index (χ0) is 12.3. The number of benzene rings is 1. The second-order valence-electron chi connectivity index (χ2n) is 3.34. The van der Waals surface area contributed by atoms with Gasteiger partial charge in [0.2, 0.25) is 0 Å². The van der Waals surface area contributed by atoms with Gasteiger partial charge in [-0.2, -0.15) is 0 Å². The third kappa shape index (κ3) is 3.72. The second kappa shape index (κ2) is 5.89. The van der Waals surface area contributed by atoms with E-state index in [2.05, 4.69) is 27.6 Å². The van der Waals surface area contributed by atoms with Gasteiger partial charge in [-0.3, -0.25) is 0 Å². The zero-order valence-electron chi connectivity index (χ0n) is 8.66. The topological polar surface area (TPSA) is 22.1 Å². The molecule has 0 fully saturated rings. The van der Waals surface area contributed by atoms with Gasteiger partial charge in [0.05, 0.1) is 5.02 Å². The Labute approximate surface area is 123 Å². The molecule has 2 aromatic rings. The lowest BCUT2D eigenvalue weighted by Crippen LogP contribution is -1.97. The summed E-state index contributed by atoms with van der Waals surface area (Å²) < 4.78 is 6.76. The van der Waals surface area contributed by atoms with Crippen molar-refractivity contribution in [3.63, 3.8) is 0 Å². The molecule has 17 heavy (non-hydrogen) atoms. The van der Waals surface area contributed by atoms with E-state index in [0.29, 0.717) is 16.8 Å². The van der Waals surface area contributed by atoms with Crippen molar-refractivity contribution in [3.8, 4) is 5.75 Å². The quantitative estimate of drug-likeness (QED) is 0.575. The normalized spacial score (nSPS) is 10.3. The molecule has 2 nitrogen and oxygen atoms in total. The van der Waals surface area contributed by atoms with Gasteiger partial charge in [0, 0.05) is 15.3 Å². The van der Waals surface area contributed by atoms with E-state index in [9.17, 15) is 0 Å². The van der Waals surface area contributed by atoms with Gasteiger partial charge < -0.3 is 4.74 Å². The van der Waals surface area contributed by atoms with Crippen LogP contribution in [-0.2, 0) is 6.61 Å². The highest BCUT2D eigenvalue weighted by Crippen LogP contribution is 2.21. The van der Waals surface area contributed by atoms with Crippen molar-refractivity contribution < 1.29 is 4.74 Å². The van der Waals surface area contributed by atoms with Crippen LogP contribution in [-0.4, -0.2) is 4.98 Å². The summed E-state index contributed by atoms with van der Waals surface area (Å²) in [4.78, 5) is 3.97. The first-order valence-corrected chi connectivity index (χ1v) is 6.67. The van der Waals surface area contributed by atoms with E-state index in [1.807, 2.05) is 24.3 Å². The van der Waals surface area contributed by atoms with Crippen molar-refractivity contribution in [2.75, 3.05) is 0 Å². The first-order valence-electron chi connectivity index (χ1n) is 4.83. The highest BCUT2D eigenvalue weighted by atomic mass is 127. The number of aromatic nitrogens is 1. The number of hydrogen-bond acceptors (Lipinski definition) is 2. The summed E-state index contributed by atoms with van der Waals surface area (Å²) in [6, 6.07) is 9.41. The van der Waals surface area contributed by atoms with Gasteiger partial charge >= 0.3 is 0 Å². The van der Waals surface area contributed by atoms with E-state index >= 15 is 0 Å². The fourth-order valence-corrected chi connectivity index (χ4v) is 2.01. The molecular weight excluding hydrogens is 372 g/mol. The molecule has 0 amide bonds. The monoisotopic (exact) mass is 379 g/mol. The van der Waals surface area contributed by atoms with Gasteiger partial charge in [-0.25, -0.2) is 4.98 Å². The summed E-state index contributed by atoms with van der Waals surface area (Å²) in [7, 11) is 0. The number of rotatable bonds is 3. The molecule has 0 saturated heterocycles. The average Bonchev–Trinajstić information content (AvgIpc) is 2.30. The lowest BCUT2D eigenvalue weighted by atomic mass is 10.3. The standard InChI is InChI=1S/C12H8Cl2INO/c13-11-5-12(14)16-6-8(11)7-17-10-3-1-9(15)2-4-10/h1-6H,7H2. The maximum absolute atomic E-state index is 6.02. The van der Waals surface area contributed by atoms with Crippen molar-refractivity contribution in [2.45, 2.75) is 6.61 Å². The van der Waals surface area contributed by atoms with Crippen molar-refractivity contribution in [1.29, 1.82) is 0 Å². The molecule has 0 spiro atoms. The van der Waals surface area contributed by atoms with Crippen LogP contribution in [0.15, 0.2) is 36.5 Å². The summed E-state index contributed by atoms with van der Waals surface area (Å²) in [5, 5.41) is 0.948. The summed E-state index contributed by atoms with van der Waals surface area (Å²) in [5.74, 6) is 0.802. The fraction of sp³-hybridized carbons (Fsp3) is 0.0833. The highest BCUT2D eigenvalue weighted by Gasteiger charge is 2.03. The Balaban J connectivity index is 2.04. The van der Waals surface area contributed by atoms with E-state index in [1.54, 1.807) is 12.3 Å². The Morgan fingerprint density at radius 3 is 2.53 bits per heavy atom. The third-order valence-corrected chi connectivity index (χ3v) is 3.38. The summed E-state index contributed by atoms with van der Waals surface area (Å²) in [6.07, 6.45) is 1.62. The lowest BCUT2D eigenvalue weighted by Gasteiger charge is -2.07. The highest BCUT2D eigenvalue weighted by molar-refractivity contribution is 14.1. The second-order valence-corrected chi connectivity index (χ2v) is 5.38. The molecule has 5 heteroatoms. The van der Waals surface area contributed by atoms with E-state index < -0.39 is 0 Å². The first kappa shape index (κ1) is 12.9. The maximum Gasteiger partial charge on any atom is 0.130 e. The minimum Gasteiger partial charge on any atom is -0.489 e. The number of nitrogens with zero attached hydrogens (tertiary/aromatic N) is 1. The molecule has 0 atom stereocenters. The van der Waals surface area contributed by atoms with Crippen molar-refractivity contribution in [2.24, 2.45) is 0 Å². The summed E-state index contributed by atoms with van der Waals surface area (Å²) >= 11 is 14.0. The van der Waals surface area contributed by atoms with E-state index in [4.69, 9.17) is 27.9 Å². The van der Waals surface area contributed by atoms with Crippen molar-refractivity contribution in [3.05, 3.63) is 55.8 Å². The average molecular weight is 380 g/mol. The van der Waals surface area contributed by atoms with Crippen LogP contribution in [0.1, 0.15) is 5.56 Å². The molecule has 88 valence electrons. The van der Waals surface area contributed by atoms with Crippen LogP contribution in [0.5, 0.6) is 5.75 Å². The van der Waals surface area contributed by atoms with E-state index in [-0.39, 0.29) is 0 Å². The Kier molecular flexibility index (Phi) is 4.48. The molecule has 0 aliphatic heterocycles. The van der Waals surface area contributed by atoms with Gasteiger partial charge in [-0.05, 0) is 52.9 Å². The predicted octanol–water partition coefficient (Wildman–Crippen LogP) is 4.57. The Morgan fingerprint density at radius 2 is 1.88 bits per heavy atom. The largest absolute Gasteiger partial charge is 0.489 e. The van der Waals surface area contributed by atoms with Crippen LogP contribution in [0.3, 0.4) is 0 Å². The summed E-state index contributed by atoms with van der Waals surface area (Å²) in [5.41, 5.74) is 0.814. The van der Waals surface area contributed by atoms with Crippen LogP contribution in [0.4, 0.5) is 0 Å². The van der Waals surface area contributed by atoms with E-state index in [0.717, 1.165) is 11.3 Å². The number of ether oxygens (including phenoxy) is 1. The van der Waals surface area contributed by atoms with Crippen LogP contribution in [0.25, 0.3) is 0 Å². The zero-order valence-corrected chi connectivity index (χ0v) is 12.3. The predicted molar refractivity (Wildman–Crippen MR) is 77.7 cm³/mol. The van der Waals surface area contributed by atoms with Crippen LogP contribution in [0, 0.1) is 3.57 Å². The Hall–Kier alpha value is -0.520.